The topological polar surface area (TPSA) is 44.6 Å². The number of oxime groups is 1. The van der Waals surface area contributed by atoms with Crippen molar-refractivity contribution in [2.75, 3.05) is 0 Å². The van der Waals surface area contributed by atoms with Crippen molar-refractivity contribution in [3.63, 3.8) is 0 Å². The molecule has 0 saturated carbocycles. The van der Waals surface area contributed by atoms with Gasteiger partial charge in [0.25, 0.3) is 0 Å². The summed E-state index contributed by atoms with van der Waals surface area (Å²) in [5.74, 6) is 0. The number of rotatable bonds is 2. The van der Waals surface area contributed by atoms with Crippen molar-refractivity contribution in [3.8, 4) is 0 Å². The molecule has 0 amide bonds. The van der Waals surface area contributed by atoms with Gasteiger partial charge in [-0.3, -0.25) is 0 Å². The van der Waals surface area contributed by atoms with E-state index in [9.17, 15) is 5.21 Å². The second kappa shape index (κ2) is 5.93. The standard InChI is InChI=1S/C19H22N2O/c1-19(2)17(21-22)13-16(14-9-5-3-6-10-14)20-18(19)15-11-7-4-8-12-15/h3-12,16,18,20,22H,13H2,1-2H3/b21-17+/t16-,18-/m0/s1. The van der Waals surface area contributed by atoms with Crippen molar-refractivity contribution in [1.82, 2.24) is 5.32 Å². The van der Waals surface area contributed by atoms with Crippen molar-refractivity contribution in [3.05, 3.63) is 71.8 Å². The number of nitrogens with one attached hydrogen (secondary N) is 1. The highest BCUT2D eigenvalue weighted by molar-refractivity contribution is 5.91. The molecule has 1 aliphatic heterocycles. The normalized spacial score (nSPS) is 26.0. The summed E-state index contributed by atoms with van der Waals surface area (Å²) in [7, 11) is 0. The molecule has 2 aromatic carbocycles. The first kappa shape index (κ1) is 14.8. The van der Waals surface area contributed by atoms with Crippen LogP contribution in [0, 0.1) is 5.41 Å². The predicted molar refractivity (Wildman–Crippen MR) is 89.1 cm³/mol. The van der Waals surface area contributed by atoms with Gasteiger partial charge in [-0.1, -0.05) is 79.7 Å². The van der Waals surface area contributed by atoms with Crippen LogP contribution >= 0.6 is 0 Å². The molecule has 0 unspecified atom stereocenters. The second-order valence-corrected chi connectivity index (χ2v) is 6.45. The van der Waals surface area contributed by atoms with Gasteiger partial charge in [-0.15, -0.1) is 0 Å². The Morgan fingerprint density at radius 2 is 1.50 bits per heavy atom. The summed E-state index contributed by atoms with van der Waals surface area (Å²) in [5.41, 5.74) is 3.05. The Morgan fingerprint density at radius 3 is 2.05 bits per heavy atom. The minimum atomic E-state index is -0.235. The Hall–Kier alpha value is -2.13. The van der Waals surface area contributed by atoms with Crippen molar-refractivity contribution in [2.45, 2.75) is 32.4 Å². The number of benzene rings is 2. The molecule has 2 aromatic rings. The maximum absolute atomic E-state index is 9.52. The lowest BCUT2D eigenvalue weighted by Gasteiger charge is -2.44. The molecule has 2 atom stereocenters. The monoisotopic (exact) mass is 294 g/mol. The maximum atomic E-state index is 9.52. The molecule has 1 fully saturated rings. The van der Waals surface area contributed by atoms with E-state index in [0.29, 0.717) is 0 Å². The lowest BCUT2D eigenvalue weighted by molar-refractivity contribution is 0.245. The van der Waals surface area contributed by atoms with Crippen LogP contribution in [0.5, 0.6) is 0 Å². The Labute approximate surface area is 131 Å². The Bertz CT molecular complexity index is 650. The Kier molecular flexibility index (Phi) is 3.99. The van der Waals surface area contributed by atoms with Crippen molar-refractivity contribution in [1.29, 1.82) is 0 Å². The summed E-state index contributed by atoms with van der Waals surface area (Å²) in [4.78, 5) is 0. The molecule has 114 valence electrons. The van der Waals surface area contributed by atoms with Gasteiger partial charge in [0.15, 0.2) is 0 Å². The van der Waals surface area contributed by atoms with Crippen LogP contribution in [-0.2, 0) is 0 Å². The molecule has 1 heterocycles. The first-order valence-electron chi connectivity index (χ1n) is 7.70. The molecule has 0 aromatic heterocycles. The van der Waals surface area contributed by atoms with E-state index >= 15 is 0 Å². The van der Waals surface area contributed by atoms with Crippen LogP contribution in [0.4, 0.5) is 0 Å². The molecule has 1 aliphatic rings. The van der Waals surface area contributed by atoms with Crippen LogP contribution in [0.2, 0.25) is 0 Å². The van der Waals surface area contributed by atoms with E-state index in [0.717, 1.165) is 12.1 Å². The molecule has 3 nitrogen and oxygen atoms in total. The minimum absolute atomic E-state index is 0.110. The van der Waals surface area contributed by atoms with Gasteiger partial charge in [-0.25, -0.2) is 0 Å². The average molecular weight is 294 g/mol. The van der Waals surface area contributed by atoms with E-state index in [4.69, 9.17) is 0 Å². The number of hydrogen-bond donors (Lipinski definition) is 2. The van der Waals surface area contributed by atoms with Gasteiger partial charge in [0.1, 0.15) is 0 Å². The van der Waals surface area contributed by atoms with E-state index in [1.54, 1.807) is 0 Å². The maximum Gasteiger partial charge on any atom is 0.0664 e. The molecular formula is C19H22N2O. The highest BCUT2D eigenvalue weighted by Crippen LogP contribution is 2.43. The minimum Gasteiger partial charge on any atom is -0.411 e. The number of nitrogens with zero attached hydrogens (tertiary/aromatic N) is 1. The quantitative estimate of drug-likeness (QED) is 0.640. The lowest BCUT2D eigenvalue weighted by Crippen LogP contribution is -2.47. The van der Waals surface area contributed by atoms with E-state index in [1.807, 2.05) is 24.3 Å². The van der Waals surface area contributed by atoms with Crippen molar-refractivity contribution < 1.29 is 5.21 Å². The fraction of sp³-hybridized carbons (Fsp3) is 0.316. The first-order chi connectivity index (χ1) is 10.6. The zero-order chi connectivity index (χ0) is 15.6. The third kappa shape index (κ3) is 2.64. The van der Waals surface area contributed by atoms with E-state index < -0.39 is 0 Å². The van der Waals surface area contributed by atoms with Gasteiger partial charge in [0.2, 0.25) is 0 Å². The fourth-order valence-corrected chi connectivity index (χ4v) is 3.32. The summed E-state index contributed by atoms with van der Waals surface area (Å²) in [6.07, 6.45) is 0.719. The van der Waals surface area contributed by atoms with Crippen LogP contribution in [0.25, 0.3) is 0 Å². The molecule has 1 saturated heterocycles. The Balaban J connectivity index is 1.99. The first-order valence-corrected chi connectivity index (χ1v) is 7.70. The van der Waals surface area contributed by atoms with Gasteiger partial charge in [-0.2, -0.15) is 0 Å². The summed E-state index contributed by atoms with van der Waals surface area (Å²) >= 11 is 0. The summed E-state index contributed by atoms with van der Waals surface area (Å²) in [6, 6.07) is 21.0. The SMILES string of the molecule is CC1(C)/C(=N/O)C[C@@H](c2ccccc2)N[C@H]1c1ccccc1. The van der Waals surface area contributed by atoms with Gasteiger partial charge in [0.05, 0.1) is 5.71 Å². The largest absolute Gasteiger partial charge is 0.411 e. The van der Waals surface area contributed by atoms with Crippen LogP contribution < -0.4 is 5.32 Å². The highest BCUT2D eigenvalue weighted by Gasteiger charge is 2.42. The van der Waals surface area contributed by atoms with Crippen LogP contribution in [0.1, 0.15) is 43.5 Å². The summed E-state index contributed by atoms with van der Waals surface area (Å²) in [6.45, 7) is 4.27. The van der Waals surface area contributed by atoms with E-state index in [-0.39, 0.29) is 17.5 Å². The highest BCUT2D eigenvalue weighted by atomic mass is 16.4. The molecule has 0 radical (unpaired) electrons. The van der Waals surface area contributed by atoms with Crippen molar-refractivity contribution >= 4 is 5.71 Å². The molecule has 22 heavy (non-hydrogen) atoms. The van der Waals surface area contributed by atoms with Crippen LogP contribution in [0.3, 0.4) is 0 Å². The van der Waals surface area contributed by atoms with Crippen LogP contribution in [0.15, 0.2) is 65.8 Å². The fourth-order valence-electron chi connectivity index (χ4n) is 3.32. The number of piperidine rings is 1. The second-order valence-electron chi connectivity index (χ2n) is 6.45. The third-order valence-electron chi connectivity index (χ3n) is 4.69. The van der Waals surface area contributed by atoms with E-state index in [1.165, 1.54) is 11.1 Å². The predicted octanol–water partition coefficient (Wildman–Crippen LogP) is 4.32. The van der Waals surface area contributed by atoms with Crippen LogP contribution in [-0.4, -0.2) is 10.9 Å². The Morgan fingerprint density at radius 1 is 0.955 bits per heavy atom. The molecule has 0 bridgehead atoms. The molecule has 2 N–H and O–H groups in total. The molecular weight excluding hydrogens is 272 g/mol. The summed E-state index contributed by atoms with van der Waals surface area (Å²) in [5, 5.41) is 16.9. The van der Waals surface area contributed by atoms with Gasteiger partial charge in [-0.05, 0) is 11.1 Å². The van der Waals surface area contributed by atoms with Crippen molar-refractivity contribution in [2.24, 2.45) is 10.6 Å². The molecule has 3 heteroatoms. The molecule has 0 aliphatic carbocycles. The third-order valence-corrected chi connectivity index (χ3v) is 4.69. The van der Waals surface area contributed by atoms with Gasteiger partial charge < -0.3 is 10.5 Å². The van der Waals surface area contributed by atoms with Gasteiger partial charge in [0, 0.05) is 23.9 Å². The zero-order valence-electron chi connectivity index (χ0n) is 13.0. The van der Waals surface area contributed by atoms with Gasteiger partial charge >= 0.3 is 0 Å². The van der Waals surface area contributed by atoms with E-state index in [2.05, 4.69) is 60.7 Å². The average Bonchev–Trinajstić information content (AvgIpc) is 2.56. The molecule has 0 spiro atoms. The smallest absolute Gasteiger partial charge is 0.0664 e. The number of hydrogen-bond acceptors (Lipinski definition) is 3. The summed E-state index contributed by atoms with van der Waals surface area (Å²) < 4.78 is 0. The zero-order valence-corrected chi connectivity index (χ0v) is 13.0. The lowest BCUT2D eigenvalue weighted by atomic mass is 9.70. The molecule has 3 rings (SSSR count).